The normalized spacial score (nSPS) is 10.4. The Kier molecular flexibility index (Phi) is 5.77. The van der Waals surface area contributed by atoms with Crippen molar-refractivity contribution in [3.05, 3.63) is 69.4 Å². The molecule has 0 bridgehead atoms. The van der Waals surface area contributed by atoms with Crippen LogP contribution in [0.1, 0.15) is 21.5 Å². The Labute approximate surface area is 171 Å². The Morgan fingerprint density at radius 3 is 2.60 bits per heavy atom. The number of ether oxygens (including phenoxy) is 1. The van der Waals surface area contributed by atoms with Crippen LogP contribution in [0.3, 0.4) is 0 Å². The number of anilines is 4. The molecule has 3 N–H and O–H groups in total. The van der Waals surface area contributed by atoms with E-state index in [4.69, 9.17) is 4.74 Å². The van der Waals surface area contributed by atoms with Gasteiger partial charge in [-0.1, -0.05) is 12.1 Å². The van der Waals surface area contributed by atoms with Crippen molar-refractivity contribution in [2.45, 2.75) is 13.8 Å². The third-order valence-corrected chi connectivity index (χ3v) is 4.47. The number of benzene rings is 2. The van der Waals surface area contributed by atoms with E-state index in [2.05, 4.69) is 20.6 Å². The topological polar surface area (TPSA) is 140 Å². The first-order valence-electron chi connectivity index (χ1n) is 8.83. The van der Waals surface area contributed by atoms with Crippen LogP contribution in [0, 0.1) is 24.0 Å². The van der Waals surface area contributed by atoms with Gasteiger partial charge in [-0.25, -0.2) is 9.78 Å². The highest BCUT2D eigenvalue weighted by Crippen LogP contribution is 2.30. The Balaban J connectivity index is 1.99. The summed E-state index contributed by atoms with van der Waals surface area (Å²) in [5.41, 5.74) is 2.34. The first-order valence-corrected chi connectivity index (χ1v) is 8.83. The van der Waals surface area contributed by atoms with Crippen LogP contribution in [0.25, 0.3) is 0 Å². The van der Waals surface area contributed by atoms with E-state index >= 15 is 0 Å². The standard InChI is InChI=1S/C20H19N5O5/c1-11-8-13(9-17(30-3)12(11)2)22-20-21-10-16(25(28)29)18(24-20)23-15-7-5-4-6-14(15)19(26)27/h4-10H,1-3H3,(H,26,27)(H2,21,22,23,24). The second-order valence-corrected chi connectivity index (χ2v) is 6.41. The zero-order chi connectivity index (χ0) is 21.8. The van der Waals surface area contributed by atoms with E-state index in [1.807, 2.05) is 19.9 Å². The maximum Gasteiger partial charge on any atom is 0.337 e. The van der Waals surface area contributed by atoms with Crippen LogP contribution in [0.2, 0.25) is 0 Å². The molecule has 3 rings (SSSR count). The molecular weight excluding hydrogens is 390 g/mol. The molecule has 3 aromatic rings. The molecule has 0 unspecified atom stereocenters. The molecule has 10 heteroatoms. The predicted molar refractivity (Wildman–Crippen MR) is 111 cm³/mol. The Hall–Kier alpha value is -4.21. The molecule has 0 atom stereocenters. The van der Waals surface area contributed by atoms with Crippen LogP contribution in [0.4, 0.5) is 28.8 Å². The van der Waals surface area contributed by atoms with Gasteiger partial charge in [0.25, 0.3) is 0 Å². The van der Waals surface area contributed by atoms with Gasteiger partial charge in [0.1, 0.15) is 11.9 Å². The molecule has 0 amide bonds. The summed E-state index contributed by atoms with van der Waals surface area (Å²) in [6, 6.07) is 9.69. The maximum atomic E-state index is 11.4. The Bertz CT molecular complexity index is 1130. The van der Waals surface area contributed by atoms with Crippen molar-refractivity contribution < 1.29 is 19.6 Å². The van der Waals surface area contributed by atoms with E-state index < -0.39 is 16.6 Å². The number of carbonyl (C=O) groups is 1. The molecule has 0 saturated carbocycles. The minimum atomic E-state index is -1.17. The van der Waals surface area contributed by atoms with E-state index in [0.717, 1.165) is 17.3 Å². The molecule has 0 radical (unpaired) electrons. The van der Waals surface area contributed by atoms with Gasteiger partial charge >= 0.3 is 11.7 Å². The number of rotatable bonds is 7. The number of hydrogen-bond acceptors (Lipinski definition) is 8. The van der Waals surface area contributed by atoms with Gasteiger partial charge < -0.3 is 20.5 Å². The summed E-state index contributed by atoms with van der Waals surface area (Å²) in [5, 5.41) is 26.5. The molecule has 10 nitrogen and oxygen atoms in total. The number of carboxylic acids is 1. The zero-order valence-electron chi connectivity index (χ0n) is 16.5. The molecular formula is C20H19N5O5. The minimum absolute atomic E-state index is 0.0428. The second kappa shape index (κ2) is 8.43. The summed E-state index contributed by atoms with van der Waals surface area (Å²) in [5.74, 6) is -0.535. The lowest BCUT2D eigenvalue weighted by atomic mass is 10.1. The molecule has 1 heterocycles. The van der Waals surface area contributed by atoms with Gasteiger partial charge in [0.2, 0.25) is 11.8 Å². The number of aromatic nitrogens is 2. The highest BCUT2D eigenvalue weighted by molar-refractivity contribution is 5.95. The van der Waals surface area contributed by atoms with Crippen molar-refractivity contribution in [2.24, 2.45) is 0 Å². The lowest BCUT2D eigenvalue weighted by Gasteiger charge is -2.13. The third kappa shape index (κ3) is 4.27. The molecule has 1 aromatic heterocycles. The fourth-order valence-corrected chi connectivity index (χ4v) is 2.81. The van der Waals surface area contributed by atoms with Crippen LogP contribution >= 0.6 is 0 Å². The molecule has 0 aliphatic carbocycles. The molecule has 0 spiro atoms. The maximum absolute atomic E-state index is 11.4. The predicted octanol–water partition coefficient (Wildman–Crippen LogP) is 4.20. The smallest absolute Gasteiger partial charge is 0.337 e. The quantitative estimate of drug-likeness (QED) is 0.387. The largest absolute Gasteiger partial charge is 0.496 e. The Morgan fingerprint density at radius 1 is 1.20 bits per heavy atom. The number of carboxylic acid groups (broad SMARTS) is 1. The van der Waals surface area contributed by atoms with Gasteiger partial charge in [0, 0.05) is 11.8 Å². The summed E-state index contributed by atoms with van der Waals surface area (Å²) in [6.07, 6.45) is 1.05. The van der Waals surface area contributed by atoms with E-state index in [0.29, 0.717) is 11.4 Å². The molecule has 154 valence electrons. The van der Waals surface area contributed by atoms with Crippen molar-refractivity contribution in [2.75, 3.05) is 17.7 Å². The molecule has 0 fully saturated rings. The summed E-state index contributed by atoms with van der Waals surface area (Å²) in [6.45, 7) is 3.86. The number of nitrogens with one attached hydrogen (secondary N) is 2. The highest BCUT2D eigenvalue weighted by Gasteiger charge is 2.20. The number of aryl methyl sites for hydroxylation is 1. The lowest BCUT2D eigenvalue weighted by Crippen LogP contribution is -2.07. The van der Waals surface area contributed by atoms with Crippen molar-refractivity contribution >= 4 is 34.8 Å². The minimum Gasteiger partial charge on any atom is -0.496 e. The van der Waals surface area contributed by atoms with Crippen LogP contribution in [-0.4, -0.2) is 33.1 Å². The van der Waals surface area contributed by atoms with E-state index in [1.165, 1.54) is 12.1 Å². The molecule has 0 aliphatic heterocycles. The number of methoxy groups -OCH3 is 1. The van der Waals surface area contributed by atoms with Gasteiger partial charge in [-0.15, -0.1) is 0 Å². The van der Waals surface area contributed by atoms with E-state index in [-0.39, 0.29) is 23.0 Å². The van der Waals surface area contributed by atoms with Crippen LogP contribution < -0.4 is 15.4 Å². The monoisotopic (exact) mass is 409 g/mol. The fraction of sp³-hybridized carbons (Fsp3) is 0.150. The van der Waals surface area contributed by atoms with Gasteiger partial charge in [-0.3, -0.25) is 10.1 Å². The number of para-hydroxylation sites is 1. The lowest BCUT2D eigenvalue weighted by molar-refractivity contribution is -0.384. The van der Waals surface area contributed by atoms with Crippen LogP contribution in [-0.2, 0) is 0 Å². The Morgan fingerprint density at radius 2 is 1.93 bits per heavy atom. The van der Waals surface area contributed by atoms with Crippen molar-refractivity contribution in [3.63, 3.8) is 0 Å². The van der Waals surface area contributed by atoms with Gasteiger partial charge in [-0.05, 0) is 43.2 Å². The van der Waals surface area contributed by atoms with Crippen LogP contribution in [0.15, 0.2) is 42.6 Å². The zero-order valence-corrected chi connectivity index (χ0v) is 16.5. The van der Waals surface area contributed by atoms with Crippen molar-refractivity contribution in [1.29, 1.82) is 0 Å². The molecule has 0 saturated heterocycles. The average Bonchev–Trinajstić information content (AvgIpc) is 2.70. The summed E-state index contributed by atoms with van der Waals surface area (Å²) in [7, 11) is 1.57. The van der Waals surface area contributed by atoms with Crippen molar-refractivity contribution in [3.8, 4) is 5.75 Å². The van der Waals surface area contributed by atoms with Gasteiger partial charge in [-0.2, -0.15) is 4.98 Å². The van der Waals surface area contributed by atoms with Crippen molar-refractivity contribution in [1.82, 2.24) is 9.97 Å². The van der Waals surface area contributed by atoms with E-state index in [9.17, 15) is 20.0 Å². The third-order valence-electron chi connectivity index (χ3n) is 4.47. The number of nitrogens with zero attached hydrogens (tertiary/aromatic N) is 3. The fourth-order valence-electron chi connectivity index (χ4n) is 2.81. The second-order valence-electron chi connectivity index (χ2n) is 6.41. The SMILES string of the molecule is COc1cc(Nc2ncc([N+](=O)[O-])c(Nc3ccccc3C(=O)O)n2)cc(C)c1C. The first-order chi connectivity index (χ1) is 14.3. The number of nitro groups is 1. The number of aromatic carboxylic acids is 1. The summed E-state index contributed by atoms with van der Waals surface area (Å²) >= 11 is 0. The molecule has 2 aromatic carbocycles. The number of hydrogen-bond donors (Lipinski definition) is 3. The van der Waals surface area contributed by atoms with Gasteiger partial charge in [0.15, 0.2) is 0 Å². The van der Waals surface area contributed by atoms with Crippen LogP contribution in [0.5, 0.6) is 5.75 Å². The van der Waals surface area contributed by atoms with Gasteiger partial charge in [0.05, 0.1) is 23.3 Å². The molecule has 30 heavy (non-hydrogen) atoms. The first kappa shape index (κ1) is 20.5. The summed E-state index contributed by atoms with van der Waals surface area (Å²) < 4.78 is 5.35. The summed E-state index contributed by atoms with van der Waals surface area (Å²) in [4.78, 5) is 30.4. The molecule has 0 aliphatic rings. The average molecular weight is 409 g/mol. The highest BCUT2D eigenvalue weighted by atomic mass is 16.6. The van der Waals surface area contributed by atoms with E-state index in [1.54, 1.807) is 25.3 Å².